The Kier molecular flexibility index (Phi) is 3.31. The van der Waals surface area contributed by atoms with Crippen LogP contribution in [0.1, 0.15) is 0 Å². The van der Waals surface area contributed by atoms with Gasteiger partial charge in [-0.2, -0.15) is 15.0 Å². The summed E-state index contributed by atoms with van der Waals surface area (Å²) in [5.74, 6) is -0.979. The van der Waals surface area contributed by atoms with E-state index >= 15 is 0 Å². The molecule has 18 heavy (non-hydrogen) atoms. The molecule has 0 aliphatic heterocycles. The number of hydrogen-bond donors (Lipinski definition) is 1. The average molecular weight is 252 g/mol. The summed E-state index contributed by atoms with van der Waals surface area (Å²) in [5.41, 5.74) is -0.0489. The van der Waals surface area contributed by atoms with Crippen LogP contribution in [0.25, 0.3) is 11.4 Å². The van der Waals surface area contributed by atoms with E-state index in [1.807, 2.05) is 0 Å². The Bertz CT molecular complexity index is 555. The fourth-order valence-electron chi connectivity index (χ4n) is 1.35. The average Bonchev–Trinajstić information content (AvgIpc) is 2.40. The first-order valence-corrected chi connectivity index (χ1v) is 5.07. The summed E-state index contributed by atoms with van der Waals surface area (Å²) in [5, 5.41) is 2.69. The van der Waals surface area contributed by atoms with Gasteiger partial charge in [0.1, 0.15) is 11.6 Å². The highest BCUT2D eigenvalue weighted by molar-refractivity contribution is 5.57. The van der Waals surface area contributed by atoms with Crippen molar-refractivity contribution >= 4 is 5.95 Å². The second-order valence-corrected chi connectivity index (χ2v) is 3.34. The lowest BCUT2D eigenvalue weighted by Crippen LogP contribution is -2.04. The van der Waals surface area contributed by atoms with E-state index in [0.717, 1.165) is 18.2 Å². The van der Waals surface area contributed by atoms with Crippen LogP contribution in [0.5, 0.6) is 6.01 Å². The van der Waals surface area contributed by atoms with Gasteiger partial charge in [-0.1, -0.05) is 0 Å². The SMILES string of the molecule is CNc1nc(OC)nc(-c2cc(F)ccc2F)n1. The smallest absolute Gasteiger partial charge is 0.321 e. The normalized spacial score (nSPS) is 10.2. The predicted octanol–water partition coefficient (Wildman–Crippen LogP) is 1.87. The van der Waals surface area contributed by atoms with Gasteiger partial charge >= 0.3 is 6.01 Å². The van der Waals surface area contributed by atoms with Crippen molar-refractivity contribution in [1.29, 1.82) is 0 Å². The van der Waals surface area contributed by atoms with Crippen LogP contribution in [-0.2, 0) is 0 Å². The zero-order valence-corrected chi connectivity index (χ0v) is 9.74. The van der Waals surface area contributed by atoms with Crippen LogP contribution in [0, 0.1) is 11.6 Å². The van der Waals surface area contributed by atoms with Gasteiger partial charge < -0.3 is 10.1 Å². The Morgan fingerprint density at radius 1 is 1.17 bits per heavy atom. The molecule has 7 heteroatoms. The van der Waals surface area contributed by atoms with Crippen LogP contribution in [0.3, 0.4) is 0 Å². The molecule has 1 aromatic carbocycles. The van der Waals surface area contributed by atoms with Crippen LogP contribution in [0.2, 0.25) is 0 Å². The van der Waals surface area contributed by atoms with Gasteiger partial charge in [0.05, 0.1) is 12.7 Å². The molecule has 0 fully saturated rings. The highest BCUT2D eigenvalue weighted by Gasteiger charge is 2.13. The van der Waals surface area contributed by atoms with E-state index in [-0.39, 0.29) is 23.3 Å². The summed E-state index contributed by atoms with van der Waals surface area (Å²) in [7, 11) is 2.97. The van der Waals surface area contributed by atoms with E-state index in [2.05, 4.69) is 20.3 Å². The third kappa shape index (κ3) is 2.34. The standard InChI is InChI=1S/C11H10F2N4O/c1-14-10-15-9(16-11(17-10)18-2)7-5-6(12)3-4-8(7)13/h3-5H,1-2H3,(H,14,15,16,17). The first-order valence-electron chi connectivity index (χ1n) is 5.07. The summed E-state index contributed by atoms with van der Waals surface area (Å²) in [4.78, 5) is 11.7. The molecule has 0 bridgehead atoms. The van der Waals surface area contributed by atoms with E-state index < -0.39 is 11.6 Å². The van der Waals surface area contributed by atoms with Gasteiger partial charge in [0.15, 0.2) is 5.82 Å². The third-order valence-electron chi connectivity index (χ3n) is 2.19. The molecule has 1 aromatic heterocycles. The number of methoxy groups -OCH3 is 1. The Labute approximate surface area is 102 Å². The number of nitrogens with one attached hydrogen (secondary N) is 1. The molecular formula is C11H10F2N4O. The van der Waals surface area contributed by atoms with Crippen molar-refractivity contribution in [2.75, 3.05) is 19.5 Å². The molecule has 5 nitrogen and oxygen atoms in total. The van der Waals surface area contributed by atoms with Gasteiger partial charge in [0.25, 0.3) is 0 Å². The molecule has 0 aliphatic carbocycles. The summed E-state index contributed by atoms with van der Waals surface area (Å²) >= 11 is 0. The van der Waals surface area contributed by atoms with Crippen LogP contribution in [0.4, 0.5) is 14.7 Å². The lowest BCUT2D eigenvalue weighted by atomic mass is 10.2. The van der Waals surface area contributed by atoms with Gasteiger partial charge in [-0.05, 0) is 18.2 Å². The van der Waals surface area contributed by atoms with Gasteiger partial charge in [-0.25, -0.2) is 8.78 Å². The Balaban J connectivity index is 2.58. The molecule has 2 rings (SSSR count). The molecule has 1 N–H and O–H groups in total. The highest BCUT2D eigenvalue weighted by atomic mass is 19.1. The number of halogens is 2. The monoisotopic (exact) mass is 252 g/mol. The minimum absolute atomic E-state index is 0.00296. The second kappa shape index (κ2) is 4.91. The maximum atomic E-state index is 13.6. The van der Waals surface area contributed by atoms with Gasteiger partial charge in [-0.15, -0.1) is 0 Å². The fourth-order valence-corrected chi connectivity index (χ4v) is 1.35. The summed E-state index contributed by atoms with van der Waals surface area (Å²) < 4.78 is 31.6. The molecule has 0 amide bonds. The Hall–Kier alpha value is -2.31. The zero-order valence-electron chi connectivity index (χ0n) is 9.74. The second-order valence-electron chi connectivity index (χ2n) is 3.34. The van der Waals surface area contributed by atoms with Crippen molar-refractivity contribution in [1.82, 2.24) is 15.0 Å². The maximum Gasteiger partial charge on any atom is 0.321 e. The number of benzene rings is 1. The molecule has 0 unspecified atom stereocenters. The van der Waals surface area contributed by atoms with E-state index in [1.165, 1.54) is 7.11 Å². The minimum Gasteiger partial charge on any atom is -0.467 e. The zero-order chi connectivity index (χ0) is 13.1. The lowest BCUT2D eigenvalue weighted by molar-refractivity contribution is 0.379. The van der Waals surface area contributed by atoms with E-state index in [1.54, 1.807) is 7.05 Å². The largest absolute Gasteiger partial charge is 0.467 e. The van der Waals surface area contributed by atoms with E-state index in [9.17, 15) is 8.78 Å². The number of anilines is 1. The van der Waals surface area contributed by atoms with Crippen molar-refractivity contribution < 1.29 is 13.5 Å². The first-order chi connectivity index (χ1) is 8.63. The molecule has 0 saturated carbocycles. The fraction of sp³-hybridized carbons (Fsp3) is 0.182. The molecule has 0 aliphatic rings. The molecule has 94 valence electrons. The number of rotatable bonds is 3. The van der Waals surface area contributed by atoms with Crippen LogP contribution >= 0.6 is 0 Å². The molecule has 1 heterocycles. The van der Waals surface area contributed by atoms with Gasteiger partial charge in [0.2, 0.25) is 5.95 Å². The number of aromatic nitrogens is 3. The van der Waals surface area contributed by atoms with Gasteiger partial charge in [-0.3, -0.25) is 0 Å². The number of hydrogen-bond acceptors (Lipinski definition) is 5. The molecule has 2 aromatic rings. The number of nitrogens with zero attached hydrogens (tertiary/aromatic N) is 3. The van der Waals surface area contributed by atoms with Crippen molar-refractivity contribution in [2.24, 2.45) is 0 Å². The summed E-state index contributed by atoms with van der Waals surface area (Å²) in [6, 6.07) is 3.08. The molecule has 0 radical (unpaired) electrons. The Morgan fingerprint density at radius 3 is 2.61 bits per heavy atom. The molecule has 0 spiro atoms. The quantitative estimate of drug-likeness (QED) is 0.903. The maximum absolute atomic E-state index is 13.6. The third-order valence-corrected chi connectivity index (χ3v) is 2.19. The van der Waals surface area contributed by atoms with Gasteiger partial charge in [0, 0.05) is 7.05 Å². The summed E-state index contributed by atoms with van der Waals surface area (Å²) in [6.07, 6.45) is 0. The van der Waals surface area contributed by atoms with Crippen LogP contribution in [-0.4, -0.2) is 29.1 Å². The number of ether oxygens (including phenoxy) is 1. The molecular weight excluding hydrogens is 242 g/mol. The predicted molar refractivity (Wildman–Crippen MR) is 61.3 cm³/mol. The van der Waals surface area contributed by atoms with Crippen molar-refractivity contribution in [3.05, 3.63) is 29.8 Å². The van der Waals surface area contributed by atoms with Crippen LogP contribution in [0.15, 0.2) is 18.2 Å². The Morgan fingerprint density at radius 2 is 1.94 bits per heavy atom. The minimum atomic E-state index is -0.619. The van der Waals surface area contributed by atoms with Crippen molar-refractivity contribution in [2.45, 2.75) is 0 Å². The van der Waals surface area contributed by atoms with E-state index in [0.29, 0.717) is 0 Å². The summed E-state index contributed by atoms with van der Waals surface area (Å²) in [6.45, 7) is 0. The van der Waals surface area contributed by atoms with E-state index in [4.69, 9.17) is 4.74 Å². The lowest BCUT2D eigenvalue weighted by Gasteiger charge is -2.06. The highest BCUT2D eigenvalue weighted by Crippen LogP contribution is 2.22. The van der Waals surface area contributed by atoms with Crippen molar-refractivity contribution in [3.8, 4) is 17.4 Å². The van der Waals surface area contributed by atoms with Crippen molar-refractivity contribution in [3.63, 3.8) is 0 Å². The molecule has 0 atom stereocenters. The topological polar surface area (TPSA) is 59.9 Å². The molecule has 0 saturated heterocycles. The van der Waals surface area contributed by atoms with Crippen LogP contribution < -0.4 is 10.1 Å². The first kappa shape index (κ1) is 12.2.